The van der Waals surface area contributed by atoms with Crippen LogP contribution in [0.4, 0.5) is 0 Å². The number of likely N-dealkylation sites (N-methyl/N-ethyl adjacent to an activating group) is 1. The molecule has 0 aliphatic heterocycles. The molecule has 0 aliphatic carbocycles. The summed E-state index contributed by atoms with van der Waals surface area (Å²) >= 11 is 6.88. The van der Waals surface area contributed by atoms with Crippen LogP contribution in [0, 0.1) is 0 Å². The van der Waals surface area contributed by atoms with Gasteiger partial charge in [-0.25, -0.2) is 9.97 Å². The third-order valence-electron chi connectivity index (χ3n) is 2.42. The van der Waals surface area contributed by atoms with Crippen molar-refractivity contribution >= 4 is 46.4 Å². The van der Waals surface area contributed by atoms with Crippen molar-refractivity contribution in [3.05, 3.63) is 17.3 Å². The molecule has 9 heteroatoms. The fourth-order valence-corrected chi connectivity index (χ4v) is 2.44. The fourth-order valence-electron chi connectivity index (χ4n) is 1.57. The molecule has 0 aliphatic rings. The van der Waals surface area contributed by atoms with Crippen molar-refractivity contribution in [1.82, 2.24) is 19.9 Å². The SMILES string of the molecule is CNC(=O)Cn1c(SCC(=O)O)nc2cc(Cl)cnc21. The van der Waals surface area contributed by atoms with Gasteiger partial charge >= 0.3 is 5.97 Å². The number of carbonyl (C=O) groups is 2. The lowest BCUT2D eigenvalue weighted by atomic mass is 10.4. The molecule has 0 saturated carbocycles. The second-order valence-corrected chi connectivity index (χ2v) is 5.21. The van der Waals surface area contributed by atoms with Crippen molar-refractivity contribution in [2.45, 2.75) is 11.7 Å². The largest absolute Gasteiger partial charge is 0.481 e. The van der Waals surface area contributed by atoms with E-state index in [4.69, 9.17) is 16.7 Å². The molecule has 106 valence electrons. The Morgan fingerprint density at radius 3 is 2.95 bits per heavy atom. The van der Waals surface area contributed by atoms with E-state index in [-0.39, 0.29) is 18.2 Å². The van der Waals surface area contributed by atoms with Crippen molar-refractivity contribution < 1.29 is 14.7 Å². The summed E-state index contributed by atoms with van der Waals surface area (Å²) in [6.45, 7) is 0.0174. The molecule has 0 saturated heterocycles. The number of imidazole rings is 1. The number of rotatable bonds is 5. The third kappa shape index (κ3) is 3.20. The minimum atomic E-state index is -0.959. The predicted octanol–water partition coefficient (Wildman–Crippen LogP) is 1.01. The van der Waals surface area contributed by atoms with E-state index in [0.717, 1.165) is 11.8 Å². The molecule has 0 spiro atoms. The highest BCUT2D eigenvalue weighted by molar-refractivity contribution is 7.99. The number of amides is 1. The highest BCUT2D eigenvalue weighted by Gasteiger charge is 2.16. The van der Waals surface area contributed by atoms with Crippen LogP contribution in [0.5, 0.6) is 0 Å². The van der Waals surface area contributed by atoms with E-state index in [0.29, 0.717) is 21.3 Å². The monoisotopic (exact) mass is 314 g/mol. The maximum atomic E-state index is 11.5. The molecule has 1 amide bonds. The molecular formula is C11H11ClN4O3S. The standard InChI is InChI=1S/C11H11ClN4O3S/c1-13-8(17)4-16-10-7(2-6(12)3-14-10)15-11(16)20-5-9(18)19/h2-3H,4-5H2,1H3,(H,13,17)(H,18,19). The smallest absolute Gasteiger partial charge is 0.313 e. The van der Waals surface area contributed by atoms with Crippen molar-refractivity contribution in [1.29, 1.82) is 0 Å². The quantitative estimate of drug-likeness (QED) is 0.799. The van der Waals surface area contributed by atoms with Crippen LogP contribution in [0.3, 0.4) is 0 Å². The number of carbonyl (C=O) groups excluding carboxylic acids is 1. The van der Waals surface area contributed by atoms with Gasteiger partial charge in [-0.2, -0.15) is 0 Å². The molecule has 20 heavy (non-hydrogen) atoms. The summed E-state index contributed by atoms with van der Waals surface area (Å²) in [6, 6.07) is 1.62. The van der Waals surface area contributed by atoms with Crippen molar-refractivity contribution in [3.8, 4) is 0 Å². The predicted molar refractivity (Wildman–Crippen MR) is 75.0 cm³/mol. The Kier molecular flexibility index (Phi) is 4.46. The zero-order chi connectivity index (χ0) is 14.7. The first kappa shape index (κ1) is 14.6. The van der Waals surface area contributed by atoms with Gasteiger partial charge in [-0.05, 0) is 6.07 Å². The number of aliphatic carboxylic acids is 1. The van der Waals surface area contributed by atoms with E-state index >= 15 is 0 Å². The number of carboxylic acid groups (broad SMARTS) is 1. The average Bonchev–Trinajstić information content (AvgIpc) is 2.73. The molecule has 2 heterocycles. The van der Waals surface area contributed by atoms with Gasteiger partial charge in [0.25, 0.3) is 0 Å². The fraction of sp³-hybridized carbons (Fsp3) is 0.273. The summed E-state index contributed by atoms with van der Waals surface area (Å²) < 4.78 is 1.57. The Balaban J connectivity index is 2.44. The summed E-state index contributed by atoms with van der Waals surface area (Å²) in [5.74, 6) is -1.33. The number of carboxylic acids is 1. The van der Waals surface area contributed by atoms with Gasteiger partial charge in [0.15, 0.2) is 10.8 Å². The zero-order valence-corrected chi connectivity index (χ0v) is 12.0. The van der Waals surface area contributed by atoms with Gasteiger partial charge < -0.3 is 10.4 Å². The summed E-state index contributed by atoms with van der Waals surface area (Å²) in [5.41, 5.74) is 1.01. The lowest BCUT2D eigenvalue weighted by Crippen LogP contribution is -2.24. The first-order valence-electron chi connectivity index (χ1n) is 5.58. The topological polar surface area (TPSA) is 97.1 Å². The molecule has 0 unspecified atom stereocenters. The van der Waals surface area contributed by atoms with E-state index < -0.39 is 5.97 Å². The van der Waals surface area contributed by atoms with Crippen LogP contribution in [0.1, 0.15) is 0 Å². The molecule has 2 rings (SSSR count). The Morgan fingerprint density at radius 2 is 2.30 bits per heavy atom. The Morgan fingerprint density at radius 1 is 1.55 bits per heavy atom. The van der Waals surface area contributed by atoms with Crippen LogP contribution in [0.15, 0.2) is 17.4 Å². The third-order valence-corrected chi connectivity index (χ3v) is 3.59. The molecule has 0 bridgehead atoms. The minimum absolute atomic E-state index is 0.0174. The maximum Gasteiger partial charge on any atom is 0.313 e. The second-order valence-electron chi connectivity index (χ2n) is 3.83. The lowest BCUT2D eigenvalue weighted by Gasteiger charge is -2.06. The number of hydrogen-bond acceptors (Lipinski definition) is 5. The van der Waals surface area contributed by atoms with Crippen LogP contribution in [-0.4, -0.2) is 44.3 Å². The number of hydrogen-bond donors (Lipinski definition) is 2. The van der Waals surface area contributed by atoms with Gasteiger partial charge in [0.2, 0.25) is 5.91 Å². The molecule has 2 aromatic rings. The summed E-state index contributed by atoms with van der Waals surface area (Å²) in [7, 11) is 1.52. The van der Waals surface area contributed by atoms with Gasteiger partial charge in [0, 0.05) is 13.2 Å². The van der Waals surface area contributed by atoms with Crippen molar-refractivity contribution in [2.24, 2.45) is 0 Å². The van der Waals surface area contributed by atoms with Crippen LogP contribution in [-0.2, 0) is 16.1 Å². The summed E-state index contributed by atoms with van der Waals surface area (Å²) in [4.78, 5) is 30.6. The second kappa shape index (κ2) is 6.10. The van der Waals surface area contributed by atoms with E-state index in [1.165, 1.54) is 13.2 Å². The van der Waals surface area contributed by atoms with E-state index in [2.05, 4.69) is 15.3 Å². The number of halogens is 1. The molecule has 0 atom stereocenters. The number of nitrogens with one attached hydrogen (secondary N) is 1. The van der Waals surface area contributed by atoms with E-state index in [9.17, 15) is 9.59 Å². The molecule has 0 fully saturated rings. The lowest BCUT2D eigenvalue weighted by molar-refractivity contribution is -0.133. The highest BCUT2D eigenvalue weighted by atomic mass is 35.5. The normalized spacial score (nSPS) is 10.7. The number of nitrogens with zero attached hydrogens (tertiary/aromatic N) is 3. The Labute approximate surface area is 123 Å². The molecule has 2 aromatic heterocycles. The maximum absolute atomic E-state index is 11.5. The number of aromatic nitrogens is 3. The molecule has 7 nitrogen and oxygen atoms in total. The minimum Gasteiger partial charge on any atom is -0.481 e. The van der Waals surface area contributed by atoms with Crippen LogP contribution in [0.2, 0.25) is 5.02 Å². The summed E-state index contributed by atoms with van der Waals surface area (Å²) in [6.07, 6.45) is 1.46. The number of fused-ring (bicyclic) bond motifs is 1. The Hall–Kier alpha value is -1.80. The zero-order valence-electron chi connectivity index (χ0n) is 10.5. The van der Waals surface area contributed by atoms with E-state index in [1.807, 2.05) is 0 Å². The van der Waals surface area contributed by atoms with Crippen LogP contribution >= 0.6 is 23.4 Å². The van der Waals surface area contributed by atoms with Gasteiger partial charge in [-0.3, -0.25) is 14.2 Å². The van der Waals surface area contributed by atoms with E-state index in [1.54, 1.807) is 10.6 Å². The first-order chi connectivity index (χ1) is 9.51. The molecule has 2 N–H and O–H groups in total. The molecule has 0 aromatic carbocycles. The van der Waals surface area contributed by atoms with Gasteiger partial charge in [-0.1, -0.05) is 23.4 Å². The highest BCUT2D eigenvalue weighted by Crippen LogP contribution is 2.24. The van der Waals surface area contributed by atoms with Crippen molar-refractivity contribution in [2.75, 3.05) is 12.8 Å². The van der Waals surface area contributed by atoms with Crippen LogP contribution in [0.25, 0.3) is 11.2 Å². The first-order valence-corrected chi connectivity index (χ1v) is 6.94. The van der Waals surface area contributed by atoms with Crippen LogP contribution < -0.4 is 5.32 Å². The van der Waals surface area contributed by atoms with Gasteiger partial charge in [0.05, 0.1) is 10.8 Å². The average molecular weight is 315 g/mol. The van der Waals surface area contributed by atoms with Gasteiger partial charge in [0.1, 0.15) is 12.1 Å². The number of pyridine rings is 1. The van der Waals surface area contributed by atoms with Gasteiger partial charge in [-0.15, -0.1) is 0 Å². The molecular weight excluding hydrogens is 304 g/mol. The number of thioether (sulfide) groups is 1. The Bertz CT molecular complexity index is 673. The molecule has 0 radical (unpaired) electrons. The summed E-state index contributed by atoms with van der Waals surface area (Å²) in [5, 5.41) is 12.1. The van der Waals surface area contributed by atoms with Crippen molar-refractivity contribution in [3.63, 3.8) is 0 Å².